The molecular weight excluding hydrogens is 254 g/mol. The summed E-state index contributed by atoms with van der Waals surface area (Å²) in [5, 5.41) is 0. The highest BCUT2D eigenvalue weighted by Gasteiger charge is 2.19. The second kappa shape index (κ2) is 5.16. The van der Waals surface area contributed by atoms with Gasteiger partial charge in [0, 0.05) is 12.1 Å². The molecule has 1 heterocycles. The largest absolute Gasteiger partial charge is 0.486 e. The van der Waals surface area contributed by atoms with Gasteiger partial charge in [0.15, 0.2) is 21.3 Å². The van der Waals surface area contributed by atoms with Crippen molar-refractivity contribution >= 4 is 9.84 Å². The van der Waals surface area contributed by atoms with Crippen molar-refractivity contribution in [1.29, 1.82) is 0 Å². The minimum Gasteiger partial charge on any atom is -0.486 e. The van der Waals surface area contributed by atoms with Gasteiger partial charge in [0.25, 0.3) is 0 Å². The van der Waals surface area contributed by atoms with E-state index in [1.54, 1.807) is 19.1 Å². The molecule has 0 amide bonds. The topological polar surface area (TPSA) is 78.6 Å². The number of rotatable bonds is 4. The van der Waals surface area contributed by atoms with Crippen LogP contribution < -0.4 is 15.2 Å². The molecule has 0 aromatic heterocycles. The minimum absolute atomic E-state index is 0.0459. The molecule has 0 bridgehead atoms. The summed E-state index contributed by atoms with van der Waals surface area (Å²) in [6.45, 7) is 2.72. The first-order valence-corrected chi connectivity index (χ1v) is 7.52. The molecule has 1 atom stereocenters. The van der Waals surface area contributed by atoms with E-state index in [0.717, 1.165) is 0 Å². The summed E-state index contributed by atoms with van der Waals surface area (Å²) in [6, 6.07) is 4.57. The summed E-state index contributed by atoms with van der Waals surface area (Å²) in [4.78, 5) is 0.257. The van der Waals surface area contributed by atoms with Crippen molar-refractivity contribution in [3.05, 3.63) is 18.2 Å². The van der Waals surface area contributed by atoms with E-state index in [4.69, 9.17) is 15.2 Å². The Kier molecular flexibility index (Phi) is 3.77. The van der Waals surface area contributed by atoms with E-state index >= 15 is 0 Å². The Bertz CT molecular complexity index is 525. The van der Waals surface area contributed by atoms with Crippen LogP contribution in [0, 0.1) is 0 Å². The summed E-state index contributed by atoms with van der Waals surface area (Å²) >= 11 is 0. The van der Waals surface area contributed by atoms with E-state index in [2.05, 4.69) is 0 Å². The number of sulfone groups is 1. The molecule has 1 unspecified atom stereocenters. The Labute approximate surface area is 107 Å². The summed E-state index contributed by atoms with van der Waals surface area (Å²) in [6.07, 6.45) is 0.441. The van der Waals surface area contributed by atoms with Crippen LogP contribution in [0.1, 0.15) is 13.3 Å². The van der Waals surface area contributed by atoms with Gasteiger partial charge >= 0.3 is 0 Å². The molecule has 0 radical (unpaired) electrons. The highest BCUT2D eigenvalue weighted by Crippen LogP contribution is 2.32. The zero-order chi connectivity index (χ0) is 13.2. The Hall–Kier alpha value is -1.27. The first kappa shape index (κ1) is 13.2. The monoisotopic (exact) mass is 271 g/mol. The highest BCUT2D eigenvalue weighted by molar-refractivity contribution is 7.91. The fraction of sp³-hybridized carbons (Fsp3) is 0.500. The van der Waals surface area contributed by atoms with Crippen LogP contribution in [0.5, 0.6) is 11.5 Å². The lowest BCUT2D eigenvalue weighted by Crippen LogP contribution is -2.20. The minimum atomic E-state index is -3.30. The fourth-order valence-electron chi connectivity index (χ4n) is 1.68. The Morgan fingerprint density at radius 2 is 1.94 bits per heavy atom. The second-order valence-corrected chi connectivity index (χ2v) is 6.50. The molecule has 0 spiro atoms. The van der Waals surface area contributed by atoms with Crippen LogP contribution in [-0.2, 0) is 9.84 Å². The van der Waals surface area contributed by atoms with Gasteiger partial charge in [0.2, 0.25) is 0 Å². The Morgan fingerprint density at radius 3 is 2.61 bits per heavy atom. The smallest absolute Gasteiger partial charge is 0.178 e. The van der Waals surface area contributed by atoms with E-state index in [-0.39, 0.29) is 16.7 Å². The summed E-state index contributed by atoms with van der Waals surface area (Å²) in [5.41, 5.74) is 5.58. The van der Waals surface area contributed by atoms with E-state index in [9.17, 15) is 8.42 Å². The first-order valence-electron chi connectivity index (χ1n) is 5.87. The van der Waals surface area contributed by atoms with Gasteiger partial charge in [-0.05, 0) is 25.5 Å². The second-order valence-electron chi connectivity index (χ2n) is 4.39. The van der Waals surface area contributed by atoms with Crippen LogP contribution in [0.3, 0.4) is 0 Å². The number of benzene rings is 1. The maximum Gasteiger partial charge on any atom is 0.178 e. The van der Waals surface area contributed by atoms with E-state index < -0.39 is 9.84 Å². The van der Waals surface area contributed by atoms with Gasteiger partial charge in [-0.3, -0.25) is 0 Å². The summed E-state index contributed by atoms with van der Waals surface area (Å²) in [7, 11) is -3.30. The SMILES string of the molecule is CC(N)CCS(=O)(=O)c1ccc2c(c1)OCCO2. The van der Waals surface area contributed by atoms with Gasteiger partial charge in [-0.1, -0.05) is 0 Å². The number of hydrogen-bond donors (Lipinski definition) is 1. The van der Waals surface area contributed by atoms with Crippen molar-refractivity contribution in [2.75, 3.05) is 19.0 Å². The third-order valence-electron chi connectivity index (χ3n) is 2.71. The van der Waals surface area contributed by atoms with Crippen molar-refractivity contribution in [2.45, 2.75) is 24.3 Å². The Morgan fingerprint density at radius 1 is 1.28 bits per heavy atom. The van der Waals surface area contributed by atoms with E-state index in [1.165, 1.54) is 6.07 Å². The lowest BCUT2D eigenvalue weighted by Gasteiger charge is -2.18. The van der Waals surface area contributed by atoms with Gasteiger partial charge in [0.1, 0.15) is 13.2 Å². The summed E-state index contributed by atoms with van der Waals surface area (Å²) in [5.74, 6) is 1.13. The van der Waals surface area contributed by atoms with E-state index in [0.29, 0.717) is 31.1 Å². The maximum absolute atomic E-state index is 12.1. The molecule has 0 saturated carbocycles. The van der Waals surface area contributed by atoms with Gasteiger partial charge in [-0.25, -0.2) is 8.42 Å². The molecule has 1 aliphatic heterocycles. The average molecular weight is 271 g/mol. The predicted molar refractivity (Wildman–Crippen MR) is 67.8 cm³/mol. The molecule has 0 fully saturated rings. The van der Waals surface area contributed by atoms with Gasteiger partial charge in [-0.15, -0.1) is 0 Å². The van der Waals surface area contributed by atoms with Crippen molar-refractivity contribution < 1.29 is 17.9 Å². The molecule has 2 N–H and O–H groups in total. The van der Waals surface area contributed by atoms with Crippen LogP contribution in [0.4, 0.5) is 0 Å². The molecule has 1 aromatic rings. The average Bonchev–Trinajstić information content (AvgIpc) is 2.36. The van der Waals surface area contributed by atoms with Crippen LogP contribution in [0.2, 0.25) is 0 Å². The third kappa shape index (κ3) is 2.94. The van der Waals surface area contributed by atoms with Crippen molar-refractivity contribution in [1.82, 2.24) is 0 Å². The number of ether oxygens (including phenoxy) is 2. The number of hydrogen-bond acceptors (Lipinski definition) is 5. The molecule has 5 nitrogen and oxygen atoms in total. The molecule has 2 rings (SSSR count). The zero-order valence-electron chi connectivity index (χ0n) is 10.3. The lowest BCUT2D eigenvalue weighted by molar-refractivity contribution is 0.171. The Balaban J connectivity index is 2.22. The molecule has 1 aromatic carbocycles. The van der Waals surface area contributed by atoms with E-state index in [1.807, 2.05) is 0 Å². The lowest BCUT2D eigenvalue weighted by atomic mass is 10.3. The normalized spacial score (nSPS) is 16.3. The molecule has 0 saturated heterocycles. The third-order valence-corrected chi connectivity index (χ3v) is 4.46. The fourth-order valence-corrected chi connectivity index (χ4v) is 3.16. The highest BCUT2D eigenvalue weighted by atomic mass is 32.2. The molecule has 1 aliphatic rings. The van der Waals surface area contributed by atoms with Crippen LogP contribution in [0.25, 0.3) is 0 Å². The van der Waals surface area contributed by atoms with Crippen LogP contribution >= 0.6 is 0 Å². The quantitative estimate of drug-likeness (QED) is 0.882. The first-order chi connectivity index (χ1) is 8.49. The van der Waals surface area contributed by atoms with Crippen LogP contribution in [-0.4, -0.2) is 33.4 Å². The maximum atomic E-state index is 12.1. The number of nitrogens with two attached hydrogens (primary N) is 1. The standard InChI is InChI=1S/C12H17NO4S/c1-9(13)4-7-18(14,15)10-2-3-11-12(8-10)17-6-5-16-11/h2-3,8-9H,4-7,13H2,1H3. The van der Waals surface area contributed by atoms with Crippen molar-refractivity contribution in [3.8, 4) is 11.5 Å². The molecule has 18 heavy (non-hydrogen) atoms. The van der Waals surface area contributed by atoms with Gasteiger partial charge < -0.3 is 15.2 Å². The predicted octanol–water partition coefficient (Wildman–Crippen LogP) is 0.969. The van der Waals surface area contributed by atoms with Crippen LogP contribution in [0.15, 0.2) is 23.1 Å². The molecule has 6 heteroatoms. The van der Waals surface area contributed by atoms with Gasteiger partial charge in [-0.2, -0.15) is 0 Å². The molecule has 0 aliphatic carbocycles. The summed E-state index contributed by atoms with van der Waals surface area (Å²) < 4.78 is 34.9. The number of fused-ring (bicyclic) bond motifs is 1. The van der Waals surface area contributed by atoms with Gasteiger partial charge in [0.05, 0.1) is 10.6 Å². The zero-order valence-corrected chi connectivity index (χ0v) is 11.1. The molecular formula is C12H17NO4S. The molecule has 100 valence electrons. The van der Waals surface area contributed by atoms with Crippen molar-refractivity contribution in [3.63, 3.8) is 0 Å². The van der Waals surface area contributed by atoms with Crippen molar-refractivity contribution in [2.24, 2.45) is 5.73 Å².